The van der Waals surface area contributed by atoms with Gasteiger partial charge >= 0.3 is 0 Å². The summed E-state index contributed by atoms with van der Waals surface area (Å²) in [6, 6.07) is 11.1. The van der Waals surface area contributed by atoms with E-state index < -0.39 is 0 Å². The highest BCUT2D eigenvalue weighted by Gasteiger charge is 2.27. The van der Waals surface area contributed by atoms with E-state index in [1.165, 1.54) is 0 Å². The molecular weight excluding hydrogens is 314 g/mol. The van der Waals surface area contributed by atoms with Crippen molar-refractivity contribution < 1.29 is 4.79 Å². The number of amides is 1. The summed E-state index contributed by atoms with van der Waals surface area (Å²) in [5.41, 5.74) is 6.46. The molecule has 120 valence electrons. The molecule has 0 saturated carbocycles. The second-order valence-electron chi connectivity index (χ2n) is 5.55. The summed E-state index contributed by atoms with van der Waals surface area (Å²) in [6.07, 6.45) is 1.76. The largest absolute Gasteiger partial charge is 0.368 e. The average molecular weight is 332 g/mol. The number of nitrogens with two attached hydrogens (primary N) is 1. The molecule has 0 aliphatic carbocycles. The van der Waals surface area contributed by atoms with Gasteiger partial charge in [0.25, 0.3) is 0 Å². The Balaban J connectivity index is 1.69. The van der Waals surface area contributed by atoms with Crippen molar-refractivity contribution in [2.45, 2.75) is 12.8 Å². The van der Waals surface area contributed by atoms with Gasteiger partial charge in [0.15, 0.2) is 0 Å². The molecular formula is C16H18ClN5O. The fourth-order valence-electron chi connectivity index (χ4n) is 2.75. The Morgan fingerprint density at radius 3 is 2.83 bits per heavy atom. The Bertz CT molecular complexity index is 674. The molecule has 1 aliphatic heterocycles. The second kappa shape index (κ2) is 6.83. The summed E-state index contributed by atoms with van der Waals surface area (Å²) < 4.78 is 0. The average Bonchev–Trinajstić information content (AvgIpc) is 2.55. The molecule has 1 saturated heterocycles. The lowest BCUT2D eigenvalue weighted by atomic mass is 9.97. The first kappa shape index (κ1) is 15.6. The third-order valence-corrected chi connectivity index (χ3v) is 4.05. The number of nitrogens with one attached hydrogen (secondary N) is 1. The third kappa shape index (κ3) is 3.90. The Morgan fingerprint density at radius 2 is 2.09 bits per heavy atom. The molecule has 1 fully saturated rings. The zero-order valence-corrected chi connectivity index (χ0v) is 13.3. The lowest BCUT2D eigenvalue weighted by Gasteiger charge is -2.32. The Labute approximate surface area is 139 Å². The molecule has 3 rings (SSSR count). The molecule has 7 heteroatoms. The van der Waals surface area contributed by atoms with E-state index in [4.69, 9.17) is 17.3 Å². The van der Waals surface area contributed by atoms with Gasteiger partial charge in [0.1, 0.15) is 11.0 Å². The van der Waals surface area contributed by atoms with Crippen LogP contribution >= 0.6 is 11.6 Å². The number of aromatic nitrogens is 2. The number of anilines is 3. The fourth-order valence-corrected chi connectivity index (χ4v) is 2.93. The number of carbonyl (C=O) groups excluding carboxylic acids is 1. The van der Waals surface area contributed by atoms with Gasteiger partial charge in [0.05, 0.1) is 5.92 Å². The van der Waals surface area contributed by atoms with Gasteiger partial charge in [-0.1, -0.05) is 29.8 Å². The molecule has 23 heavy (non-hydrogen) atoms. The molecule has 6 nitrogen and oxygen atoms in total. The number of hydrogen-bond donors (Lipinski definition) is 2. The van der Waals surface area contributed by atoms with Crippen LogP contribution < -0.4 is 16.0 Å². The SMILES string of the molecule is Nc1nc(Cl)cc(N2CCC[C@@H](C(=O)Nc3ccccc3)C2)n1. The first-order valence-corrected chi connectivity index (χ1v) is 7.90. The zero-order valence-electron chi connectivity index (χ0n) is 12.6. The first-order valence-electron chi connectivity index (χ1n) is 7.53. The van der Waals surface area contributed by atoms with E-state index in [1.807, 2.05) is 35.2 Å². The Morgan fingerprint density at radius 1 is 1.30 bits per heavy atom. The number of nitrogens with zero attached hydrogens (tertiary/aromatic N) is 3. The van der Waals surface area contributed by atoms with Crippen molar-refractivity contribution >= 4 is 35.0 Å². The maximum atomic E-state index is 12.5. The van der Waals surface area contributed by atoms with Crippen LogP contribution in [0.1, 0.15) is 12.8 Å². The Hall–Kier alpha value is -2.34. The first-order chi connectivity index (χ1) is 11.1. The molecule has 0 radical (unpaired) electrons. The normalized spacial score (nSPS) is 17.8. The van der Waals surface area contributed by atoms with Crippen molar-refractivity contribution in [2.75, 3.05) is 29.0 Å². The highest BCUT2D eigenvalue weighted by atomic mass is 35.5. The molecule has 3 N–H and O–H groups in total. The van der Waals surface area contributed by atoms with Gasteiger partial charge in [-0.2, -0.15) is 4.98 Å². The van der Waals surface area contributed by atoms with Crippen LogP contribution in [0.25, 0.3) is 0 Å². The summed E-state index contributed by atoms with van der Waals surface area (Å²) in [4.78, 5) is 22.6. The predicted molar refractivity (Wildman–Crippen MR) is 91.5 cm³/mol. The van der Waals surface area contributed by atoms with Gasteiger partial charge in [0, 0.05) is 24.8 Å². The number of carbonyl (C=O) groups is 1. The molecule has 1 amide bonds. The van der Waals surface area contributed by atoms with Gasteiger partial charge < -0.3 is 16.0 Å². The van der Waals surface area contributed by atoms with Gasteiger partial charge in [-0.25, -0.2) is 4.98 Å². The molecule has 0 spiro atoms. The number of halogens is 1. The monoisotopic (exact) mass is 331 g/mol. The highest BCUT2D eigenvalue weighted by Crippen LogP contribution is 2.24. The van der Waals surface area contributed by atoms with Gasteiger partial charge in [0.2, 0.25) is 11.9 Å². The molecule has 2 heterocycles. The maximum absolute atomic E-state index is 12.5. The standard InChI is InChI=1S/C16H18ClN5O/c17-13-9-14(21-16(18)20-13)22-8-4-5-11(10-22)15(23)19-12-6-2-1-3-7-12/h1-3,6-7,9,11H,4-5,8,10H2,(H,19,23)(H2,18,20,21)/t11-/m1/s1. The van der Waals surface area contributed by atoms with Crippen molar-refractivity contribution in [1.29, 1.82) is 0 Å². The van der Waals surface area contributed by atoms with Gasteiger partial charge in [-0.3, -0.25) is 4.79 Å². The van der Waals surface area contributed by atoms with Crippen LogP contribution in [0.3, 0.4) is 0 Å². The summed E-state index contributed by atoms with van der Waals surface area (Å²) in [7, 11) is 0. The van der Waals surface area contributed by atoms with E-state index in [0.29, 0.717) is 17.5 Å². The lowest BCUT2D eigenvalue weighted by molar-refractivity contribution is -0.120. The minimum Gasteiger partial charge on any atom is -0.368 e. The number of nitrogen functional groups attached to an aromatic ring is 1. The zero-order chi connectivity index (χ0) is 16.2. The summed E-state index contributed by atoms with van der Waals surface area (Å²) in [5, 5.41) is 3.27. The highest BCUT2D eigenvalue weighted by molar-refractivity contribution is 6.29. The van der Waals surface area contributed by atoms with E-state index >= 15 is 0 Å². The van der Waals surface area contributed by atoms with Crippen molar-refractivity contribution in [3.63, 3.8) is 0 Å². The maximum Gasteiger partial charge on any atom is 0.229 e. The molecule has 0 bridgehead atoms. The minimum absolute atomic E-state index is 0.0222. The van der Waals surface area contributed by atoms with Crippen molar-refractivity contribution in [1.82, 2.24) is 9.97 Å². The van der Waals surface area contributed by atoms with E-state index in [1.54, 1.807) is 6.07 Å². The molecule has 1 aromatic heterocycles. The topological polar surface area (TPSA) is 84.1 Å². The molecule has 0 unspecified atom stereocenters. The van der Waals surface area contributed by atoms with Crippen LogP contribution in [-0.2, 0) is 4.79 Å². The van der Waals surface area contributed by atoms with Crippen LogP contribution in [-0.4, -0.2) is 29.0 Å². The van der Waals surface area contributed by atoms with Crippen LogP contribution in [0.15, 0.2) is 36.4 Å². The fraction of sp³-hybridized carbons (Fsp3) is 0.312. The Kier molecular flexibility index (Phi) is 4.62. The molecule has 2 aromatic rings. The van der Waals surface area contributed by atoms with E-state index in [-0.39, 0.29) is 17.8 Å². The van der Waals surface area contributed by atoms with Crippen molar-refractivity contribution in [3.8, 4) is 0 Å². The van der Waals surface area contributed by atoms with Gasteiger partial charge in [-0.15, -0.1) is 0 Å². The summed E-state index contributed by atoms with van der Waals surface area (Å²) in [6.45, 7) is 1.41. The predicted octanol–water partition coefficient (Wildman–Crippen LogP) is 2.57. The third-order valence-electron chi connectivity index (χ3n) is 3.86. The number of piperidine rings is 1. The molecule has 1 aliphatic rings. The number of para-hydroxylation sites is 1. The van der Waals surface area contributed by atoms with Gasteiger partial charge in [-0.05, 0) is 25.0 Å². The van der Waals surface area contributed by atoms with E-state index in [2.05, 4.69) is 15.3 Å². The minimum atomic E-state index is -0.0982. The van der Waals surface area contributed by atoms with Crippen molar-refractivity contribution in [3.05, 3.63) is 41.6 Å². The number of benzene rings is 1. The molecule has 1 atom stereocenters. The van der Waals surface area contributed by atoms with E-state index in [0.717, 1.165) is 25.1 Å². The second-order valence-corrected chi connectivity index (χ2v) is 5.93. The van der Waals surface area contributed by atoms with Crippen LogP contribution in [0.4, 0.5) is 17.5 Å². The van der Waals surface area contributed by atoms with Crippen LogP contribution in [0.2, 0.25) is 5.15 Å². The van der Waals surface area contributed by atoms with Crippen LogP contribution in [0.5, 0.6) is 0 Å². The number of rotatable bonds is 3. The summed E-state index contributed by atoms with van der Waals surface area (Å²) >= 11 is 5.94. The smallest absolute Gasteiger partial charge is 0.229 e. The van der Waals surface area contributed by atoms with E-state index in [9.17, 15) is 4.79 Å². The van der Waals surface area contributed by atoms with Crippen molar-refractivity contribution in [2.24, 2.45) is 5.92 Å². The quantitative estimate of drug-likeness (QED) is 0.844. The lowest BCUT2D eigenvalue weighted by Crippen LogP contribution is -2.41. The van der Waals surface area contributed by atoms with Crippen LogP contribution in [0, 0.1) is 5.92 Å². The molecule has 1 aromatic carbocycles. The number of hydrogen-bond acceptors (Lipinski definition) is 5. The summed E-state index contributed by atoms with van der Waals surface area (Å²) in [5.74, 6) is 0.732.